The first-order chi connectivity index (χ1) is 8.68. The van der Waals surface area contributed by atoms with E-state index in [0.29, 0.717) is 0 Å². The molecule has 1 fully saturated rings. The minimum absolute atomic E-state index is 0.114. The number of hydrogen-bond donors (Lipinski definition) is 2. The first-order valence-corrected chi connectivity index (χ1v) is 7.97. The minimum Gasteiger partial charge on any atom is -0.325 e. The fourth-order valence-corrected chi connectivity index (χ4v) is 3.46. The van der Waals surface area contributed by atoms with Gasteiger partial charge in [0.2, 0.25) is 0 Å². The molecule has 0 spiro atoms. The molecule has 0 atom stereocenters. The van der Waals surface area contributed by atoms with Gasteiger partial charge >= 0.3 is 0 Å². The summed E-state index contributed by atoms with van der Waals surface area (Å²) in [6.45, 7) is 4.11. The molecule has 3 nitrogen and oxygen atoms in total. The van der Waals surface area contributed by atoms with Crippen LogP contribution in [0.1, 0.15) is 49.2 Å². The highest BCUT2D eigenvalue weighted by molar-refractivity contribution is 7.09. The molecule has 0 bridgehead atoms. The zero-order chi connectivity index (χ0) is 12.8. The third-order valence-electron chi connectivity index (χ3n) is 3.83. The van der Waals surface area contributed by atoms with Gasteiger partial charge in [-0.2, -0.15) is 0 Å². The number of nitrogens with one attached hydrogen (secondary N) is 1. The van der Waals surface area contributed by atoms with Crippen LogP contribution < -0.4 is 11.1 Å². The highest BCUT2D eigenvalue weighted by atomic mass is 32.1. The van der Waals surface area contributed by atoms with Crippen molar-refractivity contribution in [3.8, 4) is 0 Å². The van der Waals surface area contributed by atoms with E-state index >= 15 is 0 Å². The Kier molecular flexibility index (Phi) is 5.15. The van der Waals surface area contributed by atoms with Gasteiger partial charge in [0.05, 0.1) is 5.01 Å². The van der Waals surface area contributed by atoms with E-state index in [0.717, 1.165) is 31.6 Å². The lowest BCUT2D eigenvalue weighted by molar-refractivity contribution is 0.275. The van der Waals surface area contributed by atoms with Crippen molar-refractivity contribution in [3.63, 3.8) is 0 Å². The molecule has 18 heavy (non-hydrogen) atoms. The number of hydrogen-bond acceptors (Lipinski definition) is 4. The van der Waals surface area contributed by atoms with E-state index in [1.54, 1.807) is 11.3 Å². The SMILES string of the molecule is Cc1csc(CCNCCC2(N)CCCCC2)n1. The van der Waals surface area contributed by atoms with Gasteiger partial charge < -0.3 is 11.1 Å². The third kappa shape index (κ3) is 4.34. The molecule has 3 N–H and O–H groups in total. The van der Waals surface area contributed by atoms with Crippen molar-refractivity contribution < 1.29 is 0 Å². The van der Waals surface area contributed by atoms with Gasteiger partial charge in [-0.05, 0) is 32.7 Å². The predicted molar refractivity (Wildman–Crippen MR) is 78.0 cm³/mol. The van der Waals surface area contributed by atoms with Crippen molar-refractivity contribution >= 4 is 11.3 Å². The van der Waals surface area contributed by atoms with Crippen LogP contribution in [0.25, 0.3) is 0 Å². The highest BCUT2D eigenvalue weighted by Gasteiger charge is 2.26. The van der Waals surface area contributed by atoms with Crippen molar-refractivity contribution in [1.82, 2.24) is 10.3 Å². The van der Waals surface area contributed by atoms with E-state index in [4.69, 9.17) is 5.73 Å². The lowest BCUT2D eigenvalue weighted by Gasteiger charge is -2.33. The monoisotopic (exact) mass is 267 g/mol. The summed E-state index contributed by atoms with van der Waals surface area (Å²) in [6.07, 6.45) is 8.57. The summed E-state index contributed by atoms with van der Waals surface area (Å²) in [4.78, 5) is 4.47. The maximum atomic E-state index is 6.41. The molecule has 1 aromatic heterocycles. The summed E-state index contributed by atoms with van der Waals surface area (Å²) in [7, 11) is 0. The smallest absolute Gasteiger partial charge is 0.0940 e. The van der Waals surface area contributed by atoms with Gasteiger partial charge in [-0.3, -0.25) is 0 Å². The molecule has 1 aromatic rings. The van der Waals surface area contributed by atoms with Gasteiger partial charge in [-0.25, -0.2) is 4.98 Å². The fraction of sp³-hybridized carbons (Fsp3) is 0.786. The average molecular weight is 267 g/mol. The molecule has 102 valence electrons. The lowest BCUT2D eigenvalue weighted by atomic mass is 9.80. The Bertz CT molecular complexity index is 356. The largest absolute Gasteiger partial charge is 0.325 e. The number of aromatic nitrogens is 1. The Hall–Kier alpha value is -0.450. The lowest BCUT2D eigenvalue weighted by Crippen LogP contribution is -2.44. The summed E-state index contributed by atoms with van der Waals surface area (Å²) in [6, 6.07) is 0. The molecular formula is C14H25N3S. The highest BCUT2D eigenvalue weighted by Crippen LogP contribution is 2.28. The topological polar surface area (TPSA) is 50.9 Å². The molecule has 1 aliphatic carbocycles. The van der Waals surface area contributed by atoms with E-state index in [1.807, 2.05) is 0 Å². The molecule has 1 heterocycles. The Morgan fingerprint density at radius 2 is 2.11 bits per heavy atom. The molecule has 4 heteroatoms. The predicted octanol–water partition coefficient (Wildman–Crippen LogP) is 2.64. The van der Waals surface area contributed by atoms with E-state index in [1.165, 1.54) is 37.1 Å². The van der Waals surface area contributed by atoms with E-state index < -0.39 is 0 Å². The molecule has 0 unspecified atom stereocenters. The second kappa shape index (κ2) is 6.64. The quantitative estimate of drug-likeness (QED) is 0.779. The molecule has 0 radical (unpaired) electrons. The van der Waals surface area contributed by atoms with Crippen LogP contribution in [-0.2, 0) is 6.42 Å². The minimum atomic E-state index is 0.114. The second-order valence-electron chi connectivity index (χ2n) is 5.56. The van der Waals surface area contributed by atoms with Gasteiger partial charge in [0.15, 0.2) is 0 Å². The van der Waals surface area contributed by atoms with Gasteiger partial charge in [0.1, 0.15) is 0 Å². The van der Waals surface area contributed by atoms with Crippen molar-refractivity contribution in [3.05, 3.63) is 16.1 Å². The van der Waals surface area contributed by atoms with Crippen LogP contribution in [0.4, 0.5) is 0 Å². The van der Waals surface area contributed by atoms with Crippen LogP contribution in [0.5, 0.6) is 0 Å². The van der Waals surface area contributed by atoms with Gasteiger partial charge in [-0.1, -0.05) is 19.3 Å². The van der Waals surface area contributed by atoms with Crippen LogP contribution in [-0.4, -0.2) is 23.6 Å². The number of nitrogens with two attached hydrogens (primary N) is 1. The van der Waals surface area contributed by atoms with Crippen molar-refractivity contribution in [2.24, 2.45) is 5.73 Å². The first-order valence-electron chi connectivity index (χ1n) is 7.09. The van der Waals surface area contributed by atoms with Crippen LogP contribution in [0.15, 0.2) is 5.38 Å². The molecule has 0 aromatic carbocycles. The van der Waals surface area contributed by atoms with Gasteiger partial charge in [0.25, 0.3) is 0 Å². The standard InChI is InChI=1S/C14H25N3S/c1-12-11-18-13(17-12)5-9-16-10-8-14(15)6-3-2-4-7-14/h11,16H,2-10,15H2,1H3. The number of aryl methyl sites for hydroxylation is 1. The molecule has 1 aliphatic rings. The third-order valence-corrected chi connectivity index (χ3v) is 4.86. The molecule has 0 amide bonds. The van der Waals surface area contributed by atoms with Crippen molar-refractivity contribution in [2.45, 2.75) is 57.4 Å². The van der Waals surface area contributed by atoms with Crippen LogP contribution >= 0.6 is 11.3 Å². The summed E-state index contributed by atoms with van der Waals surface area (Å²) in [5.74, 6) is 0. The Balaban J connectivity index is 1.58. The molecule has 1 saturated carbocycles. The fourth-order valence-electron chi connectivity index (χ4n) is 2.68. The van der Waals surface area contributed by atoms with Crippen LogP contribution in [0.2, 0.25) is 0 Å². The molecular weight excluding hydrogens is 242 g/mol. The van der Waals surface area contributed by atoms with Crippen LogP contribution in [0, 0.1) is 6.92 Å². The zero-order valence-electron chi connectivity index (χ0n) is 11.4. The summed E-state index contributed by atoms with van der Waals surface area (Å²) < 4.78 is 0. The zero-order valence-corrected chi connectivity index (χ0v) is 12.2. The Morgan fingerprint density at radius 1 is 1.33 bits per heavy atom. The molecule has 0 saturated heterocycles. The first kappa shape index (κ1) is 14.0. The summed E-state index contributed by atoms with van der Waals surface area (Å²) >= 11 is 1.76. The van der Waals surface area contributed by atoms with E-state index in [-0.39, 0.29) is 5.54 Å². The van der Waals surface area contributed by atoms with Gasteiger partial charge in [-0.15, -0.1) is 11.3 Å². The molecule has 0 aliphatic heterocycles. The maximum absolute atomic E-state index is 6.41. The molecule has 2 rings (SSSR count). The van der Waals surface area contributed by atoms with E-state index in [2.05, 4.69) is 22.6 Å². The number of rotatable bonds is 6. The Morgan fingerprint density at radius 3 is 2.78 bits per heavy atom. The number of nitrogens with zero attached hydrogens (tertiary/aromatic N) is 1. The number of thiazole rings is 1. The van der Waals surface area contributed by atoms with E-state index in [9.17, 15) is 0 Å². The van der Waals surface area contributed by atoms with Crippen molar-refractivity contribution in [2.75, 3.05) is 13.1 Å². The van der Waals surface area contributed by atoms with Gasteiger partial charge in [0, 0.05) is 29.6 Å². The van der Waals surface area contributed by atoms with Crippen molar-refractivity contribution in [1.29, 1.82) is 0 Å². The average Bonchev–Trinajstić information content (AvgIpc) is 2.75. The maximum Gasteiger partial charge on any atom is 0.0940 e. The summed E-state index contributed by atoms with van der Waals surface area (Å²) in [5, 5.41) is 6.86. The van der Waals surface area contributed by atoms with Crippen LogP contribution in [0.3, 0.4) is 0 Å². The normalized spacial score (nSPS) is 19.0. The summed E-state index contributed by atoms with van der Waals surface area (Å²) in [5.41, 5.74) is 7.66. The second-order valence-corrected chi connectivity index (χ2v) is 6.50. The Labute approximate surface area is 114 Å².